The second kappa shape index (κ2) is 10.1. The number of fused-ring (bicyclic) bond motifs is 1. The van der Waals surface area contributed by atoms with Crippen LogP contribution in [0.3, 0.4) is 0 Å². The summed E-state index contributed by atoms with van der Waals surface area (Å²) >= 11 is 0. The number of hydrogen-bond donors (Lipinski definition) is 2. The van der Waals surface area contributed by atoms with Crippen LogP contribution in [0.25, 0.3) is 5.65 Å². The topological polar surface area (TPSA) is 120 Å². The van der Waals surface area contributed by atoms with Gasteiger partial charge in [0, 0.05) is 45.1 Å². The lowest BCUT2D eigenvalue weighted by molar-refractivity contribution is -0.134. The van der Waals surface area contributed by atoms with Crippen LogP contribution in [0, 0.1) is 17.8 Å². The van der Waals surface area contributed by atoms with Crippen molar-refractivity contribution in [3.05, 3.63) is 47.2 Å². The highest BCUT2D eigenvalue weighted by atomic mass is 19.3. The van der Waals surface area contributed by atoms with E-state index in [1.54, 1.807) is 30.0 Å². The number of halogens is 4. The van der Waals surface area contributed by atoms with Gasteiger partial charge in [0.05, 0.1) is 29.8 Å². The molecule has 3 saturated carbocycles. The number of hydrogen-bond acceptors (Lipinski definition) is 5. The zero-order valence-electron chi connectivity index (χ0n) is 22.7. The second-order valence-corrected chi connectivity index (χ2v) is 12.1. The predicted molar refractivity (Wildman–Crippen MR) is 139 cm³/mol. The standard InChI is InChI=1S/C28H33F4N7O2/c1-38-21(26(33)41)10-19(37-38)24(16-4-6-27(29,30)7-5-16)20-14-39-22(35-20)9-18(13-34-39)25(17-2-3-17)36-23(40)8-15-11-28(31,32)12-15/h9-10,13-17,24-25H,2-8,11-12H2,1H3,(H2,33,41)(H,36,40)/t24-,25?/m1/s1. The fraction of sp³-hybridized carbons (Fsp3) is 0.607. The number of carbonyl (C=O) groups excluding carboxylic acids is 2. The first-order chi connectivity index (χ1) is 19.4. The molecule has 41 heavy (non-hydrogen) atoms. The molecule has 220 valence electrons. The molecule has 2 atom stereocenters. The third kappa shape index (κ3) is 5.80. The fourth-order valence-corrected chi connectivity index (χ4v) is 6.46. The van der Waals surface area contributed by atoms with Gasteiger partial charge in [-0.25, -0.2) is 27.1 Å². The Morgan fingerprint density at radius 1 is 1.05 bits per heavy atom. The number of nitrogens with zero attached hydrogens (tertiary/aromatic N) is 5. The van der Waals surface area contributed by atoms with E-state index in [0.29, 0.717) is 17.0 Å². The molecular weight excluding hydrogens is 542 g/mol. The number of nitrogens with one attached hydrogen (secondary N) is 1. The molecule has 3 heterocycles. The van der Waals surface area contributed by atoms with E-state index >= 15 is 0 Å². The summed E-state index contributed by atoms with van der Waals surface area (Å²) in [4.78, 5) is 29.4. The third-order valence-electron chi connectivity index (χ3n) is 8.80. The van der Waals surface area contributed by atoms with Gasteiger partial charge >= 0.3 is 0 Å². The number of aromatic nitrogens is 5. The van der Waals surface area contributed by atoms with Crippen molar-refractivity contribution in [2.75, 3.05) is 0 Å². The summed E-state index contributed by atoms with van der Waals surface area (Å²) in [5.41, 5.74) is 8.14. The normalized spacial score (nSPS) is 22.3. The van der Waals surface area contributed by atoms with Gasteiger partial charge in [0.15, 0.2) is 5.65 Å². The lowest BCUT2D eigenvalue weighted by Gasteiger charge is -2.34. The molecule has 6 rings (SSSR count). The molecule has 0 spiro atoms. The van der Waals surface area contributed by atoms with Gasteiger partial charge in [-0.15, -0.1) is 0 Å². The zero-order chi connectivity index (χ0) is 29.1. The van der Waals surface area contributed by atoms with Gasteiger partial charge in [0.2, 0.25) is 17.8 Å². The molecular formula is C28H33F4N7O2. The Hall–Kier alpha value is -3.51. The lowest BCUT2D eigenvalue weighted by Crippen LogP contribution is -2.39. The van der Waals surface area contributed by atoms with Crippen LogP contribution in [-0.2, 0) is 11.8 Å². The summed E-state index contributed by atoms with van der Waals surface area (Å²) in [6.07, 6.45) is 4.93. The Labute approximate surface area is 233 Å². The molecule has 3 aromatic heterocycles. The maximum Gasteiger partial charge on any atom is 0.266 e. The molecule has 2 amide bonds. The highest BCUT2D eigenvalue weighted by Crippen LogP contribution is 2.46. The highest BCUT2D eigenvalue weighted by molar-refractivity contribution is 5.91. The minimum atomic E-state index is -2.71. The first kappa shape index (κ1) is 27.6. The van der Waals surface area contributed by atoms with Crippen LogP contribution >= 0.6 is 0 Å². The van der Waals surface area contributed by atoms with Gasteiger partial charge in [-0.05, 0) is 61.1 Å². The number of imidazole rings is 1. The van der Waals surface area contributed by atoms with Crippen molar-refractivity contribution in [3.63, 3.8) is 0 Å². The van der Waals surface area contributed by atoms with Crippen LogP contribution in [-0.4, -0.2) is 48.0 Å². The molecule has 0 bridgehead atoms. The smallest absolute Gasteiger partial charge is 0.266 e. The highest BCUT2D eigenvalue weighted by Gasteiger charge is 2.46. The number of amides is 2. The Bertz CT molecular complexity index is 1460. The van der Waals surface area contributed by atoms with E-state index < -0.39 is 23.7 Å². The third-order valence-corrected chi connectivity index (χ3v) is 8.80. The van der Waals surface area contributed by atoms with E-state index in [9.17, 15) is 27.2 Å². The molecule has 3 N–H and O–H groups in total. The van der Waals surface area contributed by atoms with Crippen molar-refractivity contribution in [1.29, 1.82) is 0 Å². The monoisotopic (exact) mass is 575 g/mol. The lowest BCUT2D eigenvalue weighted by atomic mass is 9.76. The summed E-state index contributed by atoms with van der Waals surface area (Å²) in [5, 5.41) is 12.1. The van der Waals surface area contributed by atoms with E-state index in [0.717, 1.165) is 18.4 Å². The van der Waals surface area contributed by atoms with Crippen molar-refractivity contribution in [3.8, 4) is 0 Å². The number of alkyl halides is 4. The first-order valence-electron chi connectivity index (χ1n) is 14.1. The van der Waals surface area contributed by atoms with Gasteiger partial charge in [-0.1, -0.05) is 0 Å². The average Bonchev–Trinajstić information content (AvgIpc) is 3.52. The Balaban J connectivity index is 1.27. The van der Waals surface area contributed by atoms with Gasteiger partial charge in [-0.3, -0.25) is 14.3 Å². The summed E-state index contributed by atoms with van der Waals surface area (Å²) in [6.45, 7) is 0. The minimum absolute atomic E-state index is 0.0709. The second-order valence-electron chi connectivity index (χ2n) is 12.1. The van der Waals surface area contributed by atoms with E-state index in [1.807, 2.05) is 6.07 Å². The van der Waals surface area contributed by atoms with Crippen molar-refractivity contribution < 1.29 is 27.2 Å². The maximum absolute atomic E-state index is 14.0. The average molecular weight is 576 g/mol. The van der Waals surface area contributed by atoms with Crippen molar-refractivity contribution in [2.45, 2.75) is 81.6 Å². The zero-order valence-corrected chi connectivity index (χ0v) is 22.7. The van der Waals surface area contributed by atoms with E-state index in [-0.39, 0.29) is 80.3 Å². The Morgan fingerprint density at radius 3 is 2.37 bits per heavy atom. The van der Waals surface area contributed by atoms with Crippen LogP contribution in [0.15, 0.2) is 24.5 Å². The van der Waals surface area contributed by atoms with Crippen LogP contribution < -0.4 is 11.1 Å². The van der Waals surface area contributed by atoms with E-state index in [2.05, 4.69) is 15.5 Å². The molecule has 3 fully saturated rings. The molecule has 3 aliphatic carbocycles. The minimum Gasteiger partial charge on any atom is -0.364 e. The molecule has 9 nitrogen and oxygen atoms in total. The maximum atomic E-state index is 14.0. The molecule has 0 saturated heterocycles. The van der Waals surface area contributed by atoms with Crippen molar-refractivity contribution in [2.24, 2.45) is 30.5 Å². The molecule has 0 radical (unpaired) electrons. The van der Waals surface area contributed by atoms with Crippen molar-refractivity contribution >= 4 is 17.5 Å². The molecule has 1 unspecified atom stereocenters. The van der Waals surface area contributed by atoms with E-state index in [1.165, 1.54) is 4.68 Å². The van der Waals surface area contributed by atoms with Gasteiger partial charge in [-0.2, -0.15) is 10.2 Å². The quantitative estimate of drug-likeness (QED) is 0.364. The summed E-state index contributed by atoms with van der Waals surface area (Å²) in [7, 11) is 1.61. The van der Waals surface area contributed by atoms with Gasteiger partial charge in [0.1, 0.15) is 5.69 Å². The number of nitrogens with two attached hydrogens (primary N) is 1. The number of primary amides is 1. The van der Waals surface area contributed by atoms with Gasteiger partial charge < -0.3 is 11.1 Å². The summed E-state index contributed by atoms with van der Waals surface area (Å²) in [6, 6.07) is 3.14. The first-order valence-corrected chi connectivity index (χ1v) is 14.1. The van der Waals surface area contributed by atoms with Crippen molar-refractivity contribution in [1.82, 2.24) is 29.7 Å². The number of carbonyl (C=O) groups is 2. The summed E-state index contributed by atoms with van der Waals surface area (Å²) in [5.74, 6) is -6.96. The SMILES string of the molecule is Cn1nc([C@H](c2cn3ncc(C(NC(=O)CC4CC(F)(F)C4)C4CC4)cc3n2)C2CCC(F)(F)CC2)cc1C(N)=O. The molecule has 3 aliphatic rings. The van der Waals surface area contributed by atoms with Crippen LogP contribution in [0.5, 0.6) is 0 Å². The summed E-state index contributed by atoms with van der Waals surface area (Å²) < 4.78 is 57.5. The Kier molecular flexibility index (Phi) is 6.80. The molecule has 0 aromatic carbocycles. The van der Waals surface area contributed by atoms with E-state index in [4.69, 9.17) is 10.7 Å². The van der Waals surface area contributed by atoms with Crippen LogP contribution in [0.4, 0.5) is 17.6 Å². The largest absolute Gasteiger partial charge is 0.364 e. The predicted octanol–water partition coefficient (Wildman–Crippen LogP) is 4.52. The van der Waals surface area contributed by atoms with Gasteiger partial charge in [0.25, 0.3) is 5.91 Å². The Morgan fingerprint density at radius 2 is 1.76 bits per heavy atom. The molecule has 13 heteroatoms. The molecule has 3 aromatic rings. The number of rotatable bonds is 9. The molecule has 0 aliphatic heterocycles. The fourth-order valence-electron chi connectivity index (χ4n) is 6.46. The van der Waals surface area contributed by atoms with Crippen LogP contribution in [0.1, 0.15) is 97.2 Å². The number of aryl methyl sites for hydroxylation is 1. The van der Waals surface area contributed by atoms with Crippen LogP contribution in [0.2, 0.25) is 0 Å².